The average Bonchev–Trinajstić information content (AvgIpc) is 2.84. The Morgan fingerprint density at radius 1 is 1.40 bits per heavy atom. The Labute approximate surface area is 148 Å². The molecule has 4 rings (SSSR count). The third kappa shape index (κ3) is 2.20. The first-order valence-electron chi connectivity index (χ1n) is 8.10. The number of halogens is 1. The Morgan fingerprint density at radius 2 is 2.12 bits per heavy atom. The van der Waals surface area contributed by atoms with Crippen molar-refractivity contribution in [2.24, 2.45) is 5.41 Å². The van der Waals surface area contributed by atoms with Gasteiger partial charge >= 0.3 is 5.97 Å². The molecule has 2 aromatic heterocycles. The lowest BCUT2D eigenvalue weighted by Crippen LogP contribution is -2.32. The van der Waals surface area contributed by atoms with Crippen LogP contribution in [0.1, 0.15) is 54.6 Å². The normalized spacial score (nSPS) is 22.8. The predicted octanol–water partition coefficient (Wildman–Crippen LogP) is 3.43. The number of carboxylic acid groups (broad SMARTS) is 1. The van der Waals surface area contributed by atoms with Gasteiger partial charge in [-0.1, -0.05) is 25.4 Å². The summed E-state index contributed by atoms with van der Waals surface area (Å²) in [6, 6.07) is 2.92. The topological polar surface area (TPSA) is 92.4 Å². The number of carbonyl (C=O) groups is 1. The summed E-state index contributed by atoms with van der Waals surface area (Å²) < 4.78 is 1.87. The van der Waals surface area contributed by atoms with E-state index >= 15 is 0 Å². The van der Waals surface area contributed by atoms with Crippen molar-refractivity contribution in [3.63, 3.8) is 0 Å². The molecule has 3 heterocycles. The van der Waals surface area contributed by atoms with E-state index in [0.29, 0.717) is 11.4 Å². The Hall–Kier alpha value is -2.34. The van der Waals surface area contributed by atoms with Gasteiger partial charge in [0.15, 0.2) is 16.3 Å². The Morgan fingerprint density at radius 3 is 2.80 bits per heavy atom. The highest BCUT2D eigenvalue weighted by molar-refractivity contribution is 6.30. The molecule has 1 aliphatic heterocycles. The van der Waals surface area contributed by atoms with Crippen molar-refractivity contribution in [2.75, 3.05) is 0 Å². The largest absolute Gasteiger partial charge is 0.505 e. The minimum atomic E-state index is -1.24. The van der Waals surface area contributed by atoms with Gasteiger partial charge in [0.2, 0.25) is 0 Å². The summed E-state index contributed by atoms with van der Waals surface area (Å²) in [5.41, 5.74) is 1.04. The van der Waals surface area contributed by atoms with Crippen molar-refractivity contribution < 1.29 is 15.0 Å². The fraction of sp³-hybridized carbons (Fsp3) is 0.389. The molecule has 1 fully saturated rings. The first kappa shape index (κ1) is 16.1. The number of rotatable bonds is 1. The summed E-state index contributed by atoms with van der Waals surface area (Å²) in [6.07, 6.45) is 3.26. The van der Waals surface area contributed by atoms with Crippen LogP contribution in [-0.2, 0) is 0 Å². The van der Waals surface area contributed by atoms with Gasteiger partial charge in [0.25, 0.3) is 0 Å². The second-order valence-electron chi connectivity index (χ2n) is 7.46. The third-order valence-electron chi connectivity index (χ3n) is 5.52. The predicted molar refractivity (Wildman–Crippen MR) is 92.4 cm³/mol. The van der Waals surface area contributed by atoms with Crippen LogP contribution in [0.4, 0.5) is 0 Å². The molecule has 0 aromatic carbocycles. The molecule has 2 N–H and O–H groups in total. The highest BCUT2D eigenvalue weighted by atomic mass is 35.5. The van der Waals surface area contributed by atoms with Crippen LogP contribution in [0, 0.1) is 5.41 Å². The SMILES string of the molecule is CC1(C)CCC2c3cc(O)c(Cl)nc3-c3cc(=O)c(C(=O)O)cn3C21. The summed E-state index contributed by atoms with van der Waals surface area (Å²) in [4.78, 5) is 28.0. The van der Waals surface area contributed by atoms with E-state index in [1.54, 1.807) is 6.07 Å². The van der Waals surface area contributed by atoms with Gasteiger partial charge in [-0.05, 0) is 29.9 Å². The van der Waals surface area contributed by atoms with Gasteiger partial charge in [-0.25, -0.2) is 9.78 Å². The van der Waals surface area contributed by atoms with Crippen LogP contribution in [0.5, 0.6) is 5.75 Å². The zero-order valence-corrected chi connectivity index (χ0v) is 14.5. The van der Waals surface area contributed by atoms with E-state index in [2.05, 4.69) is 18.8 Å². The average molecular weight is 361 g/mol. The standard InChI is InChI=1S/C18H17ClN2O4/c1-18(2)4-3-8-9-5-13(23)16(19)20-14(9)11-6-12(22)10(17(24)25)7-21(11)15(8)18/h5-8,15,23H,3-4H2,1-2H3,(H,24,25). The highest BCUT2D eigenvalue weighted by Gasteiger charge is 2.48. The first-order valence-corrected chi connectivity index (χ1v) is 8.48. The molecule has 130 valence electrons. The van der Waals surface area contributed by atoms with Crippen LogP contribution in [0.3, 0.4) is 0 Å². The Balaban J connectivity index is 2.09. The van der Waals surface area contributed by atoms with E-state index in [1.807, 2.05) is 4.57 Å². The monoisotopic (exact) mass is 360 g/mol. The quantitative estimate of drug-likeness (QED) is 0.760. The maximum absolute atomic E-state index is 12.2. The molecule has 0 bridgehead atoms. The lowest BCUT2D eigenvalue weighted by Gasteiger charge is -2.39. The minimum absolute atomic E-state index is 0.0175. The van der Waals surface area contributed by atoms with Crippen molar-refractivity contribution in [1.29, 1.82) is 0 Å². The number of aromatic carboxylic acids is 1. The molecule has 2 unspecified atom stereocenters. The Kier molecular flexibility index (Phi) is 3.28. The fourth-order valence-corrected chi connectivity index (χ4v) is 4.53. The number of hydrogen-bond donors (Lipinski definition) is 2. The van der Waals surface area contributed by atoms with Crippen molar-refractivity contribution in [3.8, 4) is 17.1 Å². The summed E-state index contributed by atoms with van der Waals surface area (Å²) in [6.45, 7) is 4.27. The molecule has 2 aromatic rings. The number of aromatic hydroxyl groups is 1. The van der Waals surface area contributed by atoms with E-state index in [0.717, 1.165) is 18.4 Å². The smallest absolute Gasteiger partial charge is 0.341 e. The zero-order chi connectivity index (χ0) is 18.1. The van der Waals surface area contributed by atoms with Crippen LogP contribution in [0.25, 0.3) is 11.4 Å². The lowest BCUT2D eigenvalue weighted by molar-refractivity contribution is 0.0693. The first-order chi connectivity index (χ1) is 11.7. The summed E-state index contributed by atoms with van der Waals surface area (Å²) >= 11 is 5.99. The molecule has 0 radical (unpaired) electrons. The minimum Gasteiger partial charge on any atom is -0.505 e. The second-order valence-corrected chi connectivity index (χ2v) is 7.82. The molecule has 2 aliphatic rings. The molecule has 6 nitrogen and oxygen atoms in total. The van der Waals surface area contributed by atoms with Gasteiger partial charge in [0.1, 0.15) is 5.56 Å². The van der Waals surface area contributed by atoms with Crippen LogP contribution < -0.4 is 5.43 Å². The van der Waals surface area contributed by atoms with Gasteiger partial charge < -0.3 is 14.8 Å². The summed E-state index contributed by atoms with van der Waals surface area (Å²) in [5, 5.41) is 19.3. The molecular formula is C18H17ClN2O4. The molecule has 1 aliphatic carbocycles. The molecule has 0 amide bonds. The maximum atomic E-state index is 12.2. The van der Waals surface area contributed by atoms with E-state index in [1.165, 1.54) is 12.3 Å². The van der Waals surface area contributed by atoms with Crippen LogP contribution >= 0.6 is 11.6 Å². The summed E-state index contributed by atoms with van der Waals surface area (Å²) in [7, 11) is 0. The number of hydrogen-bond acceptors (Lipinski definition) is 4. The van der Waals surface area contributed by atoms with Gasteiger partial charge in [-0.15, -0.1) is 0 Å². The van der Waals surface area contributed by atoms with E-state index < -0.39 is 11.4 Å². The third-order valence-corrected chi connectivity index (χ3v) is 5.80. The fourth-order valence-electron chi connectivity index (χ4n) is 4.39. The van der Waals surface area contributed by atoms with Crippen molar-refractivity contribution in [1.82, 2.24) is 9.55 Å². The number of pyridine rings is 2. The maximum Gasteiger partial charge on any atom is 0.341 e. The van der Waals surface area contributed by atoms with Crippen molar-refractivity contribution >= 4 is 17.6 Å². The molecule has 25 heavy (non-hydrogen) atoms. The molecular weight excluding hydrogens is 344 g/mol. The van der Waals surface area contributed by atoms with Gasteiger partial charge in [-0.3, -0.25) is 4.79 Å². The van der Waals surface area contributed by atoms with Crippen LogP contribution in [0.2, 0.25) is 5.15 Å². The molecule has 1 saturated carbocycles. The lowest BCUT2D eigenvalue weighted by atomic mass is 9.79. The van der Waals surface area contributed by atoms with Gasteiger partial charge in [0.05, 0.1) is 11.4 Å². The van der Waals surface area contributed by atoms with Crippen LogP contribution in [0.15, 0.2) is 23.1 Å². The molecule has 0 spiro atoms. The number of fused-ring (bicyclic) bond motifs is 6. The zero-order valence-electron chi connectivity index (χ0n) is 13.8. The molecule has 7 heteroatoms. The summed E-state index contributed by atoms with van der Waals surface area (Å²) in [5.74, 6) is -1.24. The number of carboxylic acids is 1. The van der Waals surface area contributed by atoms with Gasteiger partial charge in [0, 0.05) is 24.2 Å². The van der Waals surface area contributed by atoms with Crippen LogP contribution in [-0.4, -0.2) is 25.7 Å². The van der Waals surface area contributed by atoms with Crippen molar-refractivity contribution in [2.45, 2.75) is 38.6 Å². The van der Waals surface area contributed by atoms with E-state index in [-0.39, 0.29) is 33.8 Å². The van der Waals surface area contributed by atoms with Crippen molar-refractivity contribution in [3.05, 3.63) is 44.8 Å². The molecule has 2 atom stereocenters. The highest BCUT2D eigenvalue weighted by Crippen LogP contribution is 2.58. The van der Waals surface area contributed by atoms with E-state index in [9.17, 15) is 19.8 Å². The Bertz CT molecular complexity index is 980. The second kappa shape index (κ2) is 5.08. The number of aromatic nitrogens is 2. The van der Waals surface area contributed by atoms with Gasteiger partial charge in [-0.2, -0.15) is 0 Å². The van der Waals surface area contributed by atoms with E-state index in [4.69, 9.17) is 11.6 Å². The molecule has 0 saturated heterocycles. The number of nitrogens with zero attached hydrogens (tertiary/aromatic N) is 2.